The summed E-state index contributed by atoms with van der Waals surface area (Å²) < 4.78 is 4.78. The van der Waals surface area contributed by atoms with Crippen molar-refractivity contribution in [2.24, 2.45) is 0 Å². The van der Waals surface area contributed by atoms with Crippen molar-refractivity contribution in [1.82, 2.24) is 0 Å². The predicted molar refractivity (Wildman–Crippen MR) is 103 cm³/mol. The van der Waals surface area contributed by atoms with Gasteiger partial charge >= 0.3 is 5.97 Å². The van der Waals surface area contributed by atoms with E-state index in [-0.39, 0.29) is 0 Å². The van der Waals surface area contributed by atoms with E-state index in [1.54, 1.807) is 18.2 Å². The van der Waals surface area contributed by atoms with Gasteiger partial charge in [0.05, 0.1) is 18.4 Å². The maximum Gasteiger partial charge on any atom is 0.339 e. The lowest BCUT2D eigenvalue weighted by molar-refractivity contribution is 0.0602. The SMILES string of the molecule is CC[C@H](C)c1ccc(NC(=S)Nc2ccccc2C(=O)OC)cc1. The molecule has 4 nitrogen and oxygen atoms in total. The zero-order valence-corrected chi connectivity index (χ0v) is 14.9. The lowest BCUT2D eigenvalue weighted by Gasteiger charge is -2.14. The van der Waals surface area contributed by atoms with E-state index >= 15 is 0 Å². The van der Waals surface area contributed by atoms with E-state index in [4.69, 9.17) is 17.0 Å². The Morgan fingerprint density at radius 2 is 1.79 bits per heavy atom. The van der Waals surface area contributed by atoms with Crippen LogP contribution in [0.4, 0.5) is 11.4 Å². The van der Waals surface area contributed by atoms with Crippen molar-refractivity contribution in [3.63, 3.8) is 0 Å². The van der Waals surface area contributed by atoms with Crippen molar-refractivity contribution < 1.29 is 9.53 Å². The Balaban J connectivity index is 2.05. The second-order valence-electron chi connectivity index (χ2n) is 5.55. The fraction of sp³-hybridized carbons (Fsp3) is 0.263. The molecule has 0 radical (unpaired) electrons. The Kier molecular flexibility index (Phi) is 6.32. The zero-order chi connectivity index (χ0) is 17.5. The standard InChI is InChI=1S/C19H22N2O2S/c1-4-13(2)14-9-11-15(12-10-14)20-19(24)21-17-8-6-5-7-16(17)18(22)23-3/h5-13H,4H2,1-3H3,(H2,20,21,24)/t13-/m0/s1. The van der Waals surface area contributed by atoms with Crippen LogP contribution in [0.15, 0.2) is 48.5 Å². The first kappa shape index (κ1) is 17.9. The number of hydrogen-bond acceptors (Lipinski definition) is 3. The molecule has 2 aromatic carbocycles. The van der Waals surface area contributed by atoms with Crippen LogP contribution in [0.3, 0.4) is 0 Å². The molecule has 0 fully saturated rings. The topological polar surface area (TPSA) is 50.4 Å². The number of methoxy groups -OCH3 is 1. The first-order valence-corrected chi connectivity index (χ1v) is 8.31. The molecule has 0 aliphatic carbocycles. The van der Waals surface area contributed by atoms with E-state index in [2.05, 4.69) is 36.6 Å². The highest BCUT2D eigenvalue weighted by molar-refractivity contribution is 7.80. The summed E-state index contributed by atoms with van der Waals surface area (Å²) in [5.74, 6) is 0.134. The summed E-state index contributed by atoms with van der Waals surface area (Å²) in [5.41, 5.74) is 3.25. The Morgan fingerprint density at radius 1 is 1.12 bits per heavy atom. The number of hydrogen-bond donors (Lipinski definition) is 2. The van der Waals surface area contributed by atoms with Crippen molar-refractivity contribution in [2.75, 3.05) is 17.7 Å². The molecule has 0 aromatic heterocycles. The summed E-state index contributed by atoms with van der Waals surface area (Å²) in [4.78, 5) is 11.8. The fourth-order valence-corrected chi connectivity index (χ4v) is 2.52. The zero-order valence-electron chi connectivity index (χ0n) is 14.1. The second kappa shape index (κ2) is 8.45. The van der Waals surface area contributed by atoms with Gasteiger partial charge in [-0.25, -0.2) is 4.79 Å². The molecule has 2 rings (SSSR count). The number of anilines is 2. The highest BCUT2D eigenvalue weighted by atomic mass is 32.1. The largest absolute Gasteiger partial charge is 0.465 e. The van der Waals surface area contributed by atoms with Crippen LogP contribution in [-0.2, 0) is 4.74 Å². The molecule has 0 aliphatic heterocycles. The number of para-hydroxylation sites is 1. The Labute approximate surface area is 148 Å². The van der Waals surface area contributed by atoms with Gasteiger partial charge in [-0.2, -0.15) is 0 Å². The van der Waals surface area contributed by atoms with Gasteiger partial charge in [0.1, 0.15) is 0 Å². The molecule has 1 atom stereocenters. The Hall–Kier alpha value is -2.40. The molecule has 24 heavy (non-hydrogen) atoms. The summed E-state index contributed by atoms with van der Waals surface area (Å²) in [5, 5.41) is 6.59. The lowest BCUT2D eigenvalue weighted by atomic mass is 9.99. The molecular formula is C19H22N2O2S. The van der Waals surface area contributed by atoms with E-state index in [0.29, 0.717) is 22.3 Å². The molecule has 2 N–H and O–H groups in total. The van der Waals surface area contributed by atoms with Gasteiger partial charge in [-0.3, -0.25) is 0 Å². The first-order chi connectivity index (χ1) is 11.5. The Morgan fingerprint density at radius 3 is 2.42 bits per heavy atom. The summed E-state index contributed by atoms with van der Waals surface area (Å²) in [6.07, 6.45) is 1.11. The van der Waals surface area contributed by atoms with Crippen LogP contribution in [0.5, 0.6) is 0 Å². The highest BCUT2D eigenvalue weighted by Crippen LogP contribution is 2.21. The monoisotopic (exact) mass is 342 g/mol. The van der Waals surface area contributed by atoms with E-state index in [9.17, 15) is 4.79 Å². The third kappa shape index (κ3) is 4.55. The van der Waals surface area contributed by atoms with E-state index < -0.39 is 5.97 Å². The number of esters is 1. The van der Waals surface area contributed by atoms with Crippen LogP contribution < -0.4 is 10.6 Å². The molecule has 5 heteroatoms. The molecule has 0 unspecified atom stereocenters. The number of thiocarbonyl (C=S) groups is 1. The number of ether oxygens (including phenoxy) is 1. The van der Waals surface area contributed by atoms with Crippen molar-refractivity contribution in [3.05, 3.63) is 59.7 Å². The first-order valence-electron chi connectivity index (χ1n) is 7.90. The minimum absolute atomic E-state index is 0.404. The predicted octanol–water partition coefficient (Wildman–Crippen LogP) is 4.80. The van der Waals surface area contributed by atoms with Gasteiger partial charge in [-0.1, -0.05) is 38.1 Å². The quantitative estimate of drug-likeness (QED) is 0.604. The van der Waals surface area contributed by atoms with Gasteiger partial charge in [0.2, 0.25) is 0 Å². The summed E-state index contributed by atoms with van der Waals surface area (Å²) in [7, 11) is 1.36. The molecule has 0 amide bonds. The van der Waals surface area contributed by atoms with Gasteiger partial charge in [-0.05, 0) is 54.4 Å². The average molecular weight is 342 g/mol. The molecule has 0 heterocycles. The van der Waals surface area contributed by atoms with E-state index in [1.165, 1.54) is 12.7 Å². The maximum absolute atomic E-state index is 11.8. The van der Waals surface area contributed by atoms with Crippen molar-refractivity contribution in [1.29, 1.82) is 0 Å². The molecule has 0 spiro atoms. The van der Waals surface area contributed by atoms with Crippen LogP contribution in [0.1, 0.15) is 42.1 Å². The fourth-order valence-electron chi connectivity index (χ4n) is 2.30. The van der Waals surface area contributed by atoms with Crippen LogP contribution in [0.2, 0.25) is 0 Å². The normalized spacial score (nSPS) is 11.5. The number of nitrogens with one attached hydrogen (secondary N) is 2. The smallest absolute Gasteiger partial charge is 0.339 e. The van der Waals surface area contributed by atoms with Gasteiger partial charge in [0.15, 0.2) is 5.11 Å². The van der Waals surface area contributed by atoms with Crippen molar-refractivity contribution in [3.8, 4) is 0 Å². The maximum atomic E-state index is 11.8. The van der Waals surface area contributed by atoms with Crippen LogP contribution in [0.25, 0.3) is 0 Å². The highest BCUT2D eigenvalue weighted by Gasteiger charge is 2.12. The molecule has 2 aromatic rings. The lowest BCUT2D eigenvalue weighted by Crippen LogP contribution is -2.20. The van der Waals surface area contributed by atoms with Crippen molar-refractivity contribution >= 4 is 34.7 Å². The summed E-state index contributed by atoms with van der Waals surface area (Å²) in [6, 6.07) is 15.3. The number of carbonyl (C=O) groups is 1. The average Bonchev–Trinajstić information content (AvgIpc) is 2.61. The molecule has 0 saturated heterocycles. The minimum Gasteiger partial charge on any atom is -0.465 e. The van der Waals surface area contributed by atoms with Crippen molar-refractivity contribution in [2.45, 2.75) is 26.2 Å². The third-order valence-corrected chi connectivity index (χ3v) is 4.13. The van der Waals surface area contributed by atoms with Crippen LogP contribution >= 0.6 is 12.2 Å². The number of rotatable bonds is 5. The molecule has 0 saturated carbocycles. The van der Waals surface area contributed by atoms with E-state index in [1.807, 2.05) is 18.2 Å². The Bertz CT molecular complexity index is 714. The van der Waals surface area contributed by atoms with Gasteiger partial charge in [-0.15, -0.1) is 0 Å². The van der Waals surface area contributed by atoms with Gasteiger partial charge in [0, 0.05) is 5.69 Å². The van der Waals surface area contributed by atoms with Crippen LogP contribution in [-0.4, -0.2) is 18.2 Å². The molecule has 0 aliphatic rings. The molecular weight excluding hydrogens is 320 g/mol. The minimum atomic E-state index is -0.404. The second-order valence-corrected chi connectivity index (χ2v) is 5.96. The van der Waals surface area contributed by atoms with Gasteiger partial charge < -0.3 is 15.4 Å². The number of carbonyl (C=O) groups excluding carboxylic acids is 1. The number of benzene rings is 2. The molecule has 0 bridgehead atoms. The summed E-state index contributed by atoms with van der Waals surface area (Å²) in [6.45, 7) is 4.38. The van der Waals surface area contributed by atoms with Gasteiger partial charge in [0.25, 0.3) is 0 Å². The van der Waals surface area contributed by atoms with Crippen LogP contribution in [0, 0.1) is 0 Å². The molecule has 126 valence electrons. The third-order valence-electron chi connectivity index (χ3n) is 3.93. The van der Waals surface area contributed by atoms with E-state index in [0.717, 1.165) is 12.1 Å². The summed E-state index contributed by atoms with van der Waals surface area (Å²) >= 11 is 5.33.